The lowest BCUT2D eigenvalue weighted by molar-refractivity contribution is 0.0851. The summed E-state index contributed by atoms with van der Waals surface area (Å²) in [5.74, 6) is -0.652. The molecule has 0 aromatic heterocycles. The van der Waals surface area contributed by atoms with Crippen LogP contribution in [0.4, 0.5) is 4.39 Å². The van der Waals surface area contributed by atoms with Gasteiger partial charge in [-0.15, -0.1) is 0 Å². The van der Waals surface area contributed by atoms with Gasteiger partial charge < -0.3 is 10.4 Å². The van der Waals surface area contributed by atoms with Gasteiger partial charge in [0, 0.05) is 12.0 Å². The molecule has 0 bridgehead atoms. The monoisotopic (exact) mass is 363 g/mol. The fraction of sp³-hybridized carbons (Fsp3) is 0.174. The van der Waals surface area contributed by atoms with Crippen LogP contribution in [0.1, 0.15) is 22.8 Å². The van der Waals surface area contributed by atoms with Crippen LogP contribution in [0.25, 0.3) is 11.1 Å². The molecule has 0 aliphatic carbocycles. The van der Waals surface area contributed by atoms with Crippen LogP contribution >= 0.6 is 0 Å². The average molecular weight is 363 g/mol. The third-order valence-electron chi connectivity index (χ3n) is 4.56. The van der Waals surface area contributed by atoms with Gasteiger partial charge in [0.05, 0.1) is 12.1 Å². The fourth-order valence-electron chi connectivity index (χ4n) is 2.99. The van der Waals surface area contributed by atoms with Gasteiger partial charge in [-0.25, -0.2) is 4.39 Å². The smallest absolute Gasteiger partial charge is 0.251 e. The number of carbonyl (C=O) groups is 1. The number of amides is 1. The van der Waals surface area contributed by atoms with E-state index in [1.807, 2.05) is 42.5 Å². The number of hydrogen-bond donors (Lipinski definition) is 2. The summed E-state index contributed by atoms with van der Waals surface area (Å²) in [5, 5.41) is 12.6. The van der Waals surface area contributed by atoms with Gasteiger partial charge in [-0.3, -0.25) is 4.79 Å². The Hall–Kier alpha value is -2.98. The minimum absolute atomic E-state index is 0.198. The SMILES string of the molecule is CC(CO)(Cc1ccccc1F)NC(=O)c1ccc(-c2ccccc2)cc1. The number of nitrogens with one attached hydrogen (secondary N) is 1. The summed E-state index contributed by atoms with van der Waals surface area (Å²) in [4.78, 5) is 12.6. The lowest BCUT2D eigenvalue weighted by Gasteiger charge is -2.29. The number of aliphatic hydroxyl groups is 1. The van der Waals surface area contributed by atoms with Crippen molar-refractivity contribution in [3.05, 3.63) is 95.8 Å². The van der Waals surface area contributed by atoms with E-state index in [1.54, 1.807) is 37.3 Å². The third kappa shape index (κ3) is 4.60. The van der Waals surface area contributed by atoms with Crippen molar-refractivity contribution in [1.82, 2.24) is 5.32 Å². The van der Waals surface area contributed by atoms with Crippen LogP contribution < -0.4 is 5.32 Å². The van der Waals surface area contributed by atoms with Crippen LogP contribution in [-0.2, 0) is 6.42 Å². The number of aliphatic hydroxyl groups excluding tert-OH is 1. The normalized spacial score (nSPS) is 13.0. The molecule has 0 fully saturated rings. The summed E-state index contributed by atoms with van der Waals surface area (Å²) in [7, 11) is 0. The first-order chi connectivity index (χ1) is 13.0. The molecule has 138 valence electrons. The van der Waals surface area contributed by atoms with Crippen LogP contribution in [0.2, 0.25) is 0 Å². The van der Waals surface area contributed by atoms with Crippen molar-refractivity contribution >= 4 is 5.91 Å². The van der Waals surface area contributed by atoms with Gasteiger partial charge in [0.15, 0.2) is 0 Å². The van der Waals surface area contributed by atoms with Crippen LogP contribution in [0.5, 0.6) is 0 Å². The Labute approximate surface area is 158 Å². The van der Waals surface area contributed by atoms with Gasteiger partial charge in [0.25, 0.3) is 5.91 Å². The van der Waals surface area contributed by atoms with Crippen molar-refractivity contribution in [2.24, 2.45) is 0 Å². The molecule has 0 radical (unpaired) electrons. The van der Waals surface area contributed by atoms with Crippen LogP contribution in [0.3, 0.4) is 0 Å². The van der Waals surface area contributed by atoms with E-state index in [2.05, 4.69) is 5.32 Å². The molecule has 0 saturated carbocycles. The summed E-state index contributed by atoms with van der Waals surface area (Å²) in [5.41, 5.74) is 2.07. The van der Waals surface area contributed by atoms with Crippen molar-refractivity contribution in [3.63, 3.8) is 0 Å². The van der Waals surface area contributed by atoms with E-state index >= 15 is 0 Å². The highest BCUT2D eigenvalue weighted by Gasteiger charge is 2.27. The molecule has 1 amide bonds. The van der Waals surface area contributed by atoms with E-state index in [1.165, 1.54) is 6.07 Å². The van der Waals surface area contributed by atoms with E-state index in [4.69, 9.17) is 0 Å². The Morgan fingerprint density at radius 1 is 0.926 bits per heavy atom. The number of carbonyl (C=O) groups excluding carboxylic acids is 1. The van der Waals surface area contributed by atoms with Gasteiger partial charge in [-0.2, -0.15) is 0 Å². The highest BCUT2D eigenvalue weighted by atomic mass is 19.1. The second-order valence-electron chi connectivity index (χ2n) is 6.88. The van der Waals surface area contributed by atoms with Crippen LogP contribution in [0, 0.1) is 5.82 Å². The standard InChI is InChI=1S/C23H22FNO2/c1-23(16-26,15-20-9-5-6-10-21(20)24)25-22(27)19-13-11-18(12-14-19)17-7-3-2-4-8-17/h2-14,26H,15-16H2,1H3,(H,25,27). The quantitative estimate of drug-likeness (QED) is 0.689. The molecular weight excluding hydrogens is 341 g/mol. The zero-order valence-electron chi connectivity index (χ0n) is 15.2. The zero-order valence-corrected chi connectivity index (χ0v) is 15.2. The molecule has 1 atom stereocenters. The summed E-state index contributed by atoms with van der Waals surface area (Å²) < 4.78 is 13.9. The molecule has 3 rings (SSSR count). The molecule has 3 aromatic rings. The second kappa shape index (κ2) is 8.14. The summed E-state index contributed by atoms with van der Waals surface area (Å²) in [6.45, 7) is 1.41. The Morgan fingerprint density at radius 2 is 1.52 bits per heavy atom. The molecule has 0 aliphatic rings. The highest BCUT2D eigenvalue weighted by Crippen LogP contribution is 2.20. The van der Waals surface area contributed by atoms with Gasteiger partial charge >= 0.3 is 0 Å². The van der Waals surface area contributed by atoms with Gasteiger partial charge in [-0.05, 0) is 41.8 Å². The number of hydrogen-bond acceptors (Lipinski definition) is 2. The minimum Gasteiger partial charge on any atom is -0.394 e. The predicted molar refractivity (Wildman–Crippen MR) is 105 cm³/mol. The van der Waals surface area contributed by atoms with Gasteiger partial charge in [0.2, 0.25) is 0 Å². The molecule has 1 unspecified atom stereocenters. The lowest BCUT2D eigenvalue weighted by Crippen LogP contribution is -2.50. The largest absolute Gasteiger partial charge is 0.394 e. The van der Waals surface area contributed by atoms with E-state index in [-0.39, 0.29) is 24.8 Å². The molecule has 27 heavy (non-hydrogen) atoms. The van der Waals surface area contributed by atoms with E-state index in [9.17, 15) is 14.3 Å². The number of halogens is 1. The third-order valence-corrected chi connectivity index (χ3v) is 4.56. The predicted octanol–water partition coefficient (Wildman–Crippen LogP) is 4.22. The lowest BCUT2D eigenvalue weighted by atomic mass is 9.92. The van der Waals surface area contributed by atoms with Crippen molar-refractivity contribution in [1.29, 1.82) is 0 Å². The first kappa shape index (κ1) is 18.8. The Morgan fingerprint density at radius 3 is 2.15 bits per heavy atom. The first-order valence-electron chi connectivity index (χ1n) is 8.83. The van der Waals surface area contributed by atoms with Crippen molar-refractivity contribution in [2.45, 2.75) is 18.9 Å². The maximum absolute atomic E-state index is 13.9. The molecule has 4 heteroatoms. The van der Waals surface area contributed by atoms with Crippen molar-refractivity contribution in [2.75, 3.05) is 6.61 Å². The fourth-order valence-corrected chi connectivity index (χ4v) is 2.99. The molecule has 0 aliphatic heterocycles. The Kier molecular flexibility index (Phi) is 5.67. The molecule has 0 spiro atoms. The molecule has 0 saturated heterocycles. The molecular formula is C23H22FNO2. The van der Waals surface area contributed by atoms with Crippen molar-refractivity contribution in [3.8, 4) is 11.1 Å². The first-order valence-corrected chi connectivity index (χ1v) is 8.83. The topological polar surface area (TPSA) is 49.3 Å². The summed E-state index contributed by atoms with van der Waals surface area (Å²) >= 11 is 0. The van der Waals surface area contributed by atoms with Crippen LogP contribution in [0.15, 0.2) is 78.9 Å². The summed E-state index contributed by atoms with van der Waals surface area (Å²) in [6, 6.07) is 23.5. The van der Waals surface area contributed by atoms with E-state index < -0.39 is 5.54 Å². The molecule has 0 heterocycles. The minimum atomic E-state index is -0.961. The van der Waals surface area contributed by atoms with E-state index in [0.29, 0.717) is 11.1 Å². The van der Waals surface area contributed by atoms with Gasteiger partial charge in [-0.1, -0.05) is 60.7 Å². The number of benzene rings is 3. The number of rotatable bonds is 6. The molecule has 3 aromatic carbocycles. The Balaban J connectivity index is 1.74. The average Bonchev–Trinajstić information content (AvgIpc) is 2.70. The molecule has 3 nitrogen and oxygen atoms in total. The Bertz CT molecular complexity index is 909. The highest BCUT2D eigenvalue weighted by molar-refractivity contribution is 5.95. The van der Waals surface area contributed by atoms with E-state index in [0.717, 1.165) is 11.1 Å². The second-order valence-corrected chi connectivity index (χ2v) is 6.88. The zero-order chi connectivity index (χ0) is 19.3. The maximum atomic E-state index is 13.9. The summed E-state index contributed by atoms with van der Waals surface area (Å²) in [6.07, 6.45) is 0.198. The maximum Gasteiger partial charge on any atom is 0.251 e. The molecule has 2 N–H and O–H groups in total. The van der Waals surface area contributed by atoms with Crippen LogP contribution in [-0.4, -0.2) is 23.2 Å². The van der Waals surface area contributed by atoms with Gasteiger partial charge in [0.1, 0.15) is 5.82 Å². The van der Waals surface area contributed by atoms with Crippen molar-refractivity contribution < 1.29 is 14.3 Å².